The summed E-state index contributed by atoms with van der Waals surface area (Å²) in [7, 11) is 0. The second-order valence-electron chi connectivity index (χ2n) is 8.45. The summed E-state index contributed by atoms with van der Waals surface area (Å²) in [5.74, 6) is 0.595. The molecular formula is C31H24N2O3. The number of ether oxygens (including phenoxy) is 1. The van der Waals surface area contributed by atoms with Crippen molar-refractivity contribution in [2.75, 3.05) is 6.61 Å². The number of hydrogen-bond acceptors (Lipinski definition) is 4. The summed E-state index contributed by atoms with van der Waals surface area (Å²) in [6.07, 6.45) is 0. The molecule has 0 spiro atoms. The Labute approximate surface area is 209 Å². The maximum Gasteiger partial charge on any atom is 0.263 e. The minimum absolute atomic E-state index is 0.0380. The lowest BCUT2D eigenvalue weighted by Gasteiger charge is -2.17. The topological polar surface area (TPSA) is 75.2 Å². The van der Waals surface area contributed by atoms with E-state index in [1.54, 1.807) is 28.8 Å². The maximum absolute atomic E-state index is 13.8. The second kappa shape index (κ2) is 9.81. The fourth-order valence-corrected chi connectivity index (χ4v) is 4.50. The normalized spacial score (nSPS) is 10.8. The van der Waals surface area contributed by atoms with Crippen LogP contribution in [0, 0.1) is 11.3 Å². The van der Waals surface area contributed by atoms with Gasteiger partial charge in [0.2, 0.25) is 0 Å². The fraction of sp³-hybridized carbons (Fsp3) is 0.0968. The molecule has 4 aromatic carbocycles. The molecule has 0 amide bonds. The van der Waals surface area contributed by atoms with Crippen molar-refractivity contribution in [2.24, 2.45) is 0 Å². The lowest BCUT2D eigenvalue weighted by atomic mass is 9.99. The molecule has 0 aliphatic heterocycles. The van der Waals surface area contributed by atoms with Crippen LogP contribution >= 0.6 is 0 Å². The van der Waals surface area contributed by atoms with Gasteiger partial charge in [0.05, 0.1) is 35.9 Å². The van der Waals surface area contributed by atoms with Gasteiger partial charge < -0.3 is 14.4 Å². The molecule has 0 saturated carbocycles. The van der Waals surface area contributed by atoms with Crippen LogP contribution in [-0.2, 0) is 6.54 Å². The molecule has 0 atom stereocenters. The number of aromatic nitrogens is 1. The molecule has 5 nitrogen and oxygen atoms in total. The van der Waals surface area contributed by atoms with Gasteiger partial charge in [-0.3, -0.25) is 4.79 Å². The van der Waals surface area contributed by atoms with Crippen LogP contribution in [0.5, 0.6) is 11.5 Å². The highest BCUT2D eigenvalue weighted by atomic mass is 16.5. The number of hydrogen-bond donors (Lipinski definition) is 1. The Kier molecular flexibility index (Phi) is 6.25. The van der Waals surface area contributed by atoms with Crippen molar-refractivity contribution < 1.29 is 9.84 Å². The van der Waals surface area contributed by atoms with E-state index in [1.165, 1.54) is 0 Å². The lowest BCUT2D eigenvalue weighted by molar-refractivity contribution is 0.340. The van der Waals surface area contributed by atoms with Crippen LogP contribution in [0.25, 0.3) is 33.2 Å². The Balaban J connectivity index is 1.64. The van der Waals surface area contributed by atoms with Gasteiger partial charge in [0.15, 0.2) is 0 Å². The highest BCUT2D eigenvalue weighted by Gasteiger charge is 2.19. The predicted molar refractivity (Wildman–Crippen MR) is 142 cm³/mol. The van der Waals surface area contributed by atoms with Crippen molar-refractivity contribution in [3.05, 3.63) is 119 Å². The molecule has 0 radical (unpaired) electrons. The van der Waals surface area contributed by atoms with Crippen LogP contribution in [0.4, 0.5) is 0 Å². The van der Waals surface area contributed by atoms with Crippen LogP contribution in [0.3, 0.4) is 0 Å². The molecule has 0 saturated heterocycles. The molecule has 36 heavy (non-hydrogen) atoms. The summed E-state index contributed by atoms with van der Waals surface area (Å²) in [4.78, 5) is 13.8. The molecule has 5 aromatic rings. The predicted octanol–water partition coefficient (Wildman–Crippen LogP) is 6.36. The summed E-state index contributed by atoms with van der Waals surface area (Å²) in [6.45, 7) is 2.71. The maximum atomic E-state index is 13.8. The molecule has 5 heteroatoms. The molecule has 1 N–H and O–H groups in total. The van der Waals surface area contributed by atoms with E-state index >= 15 is 0 Å². The van der Waals surface area contributed by atoms with E-state index in [9.17, 15) is 15.2 Å². The Bertz CT molecular complexity index is 1650. The summed E-state index contributed by atoms with van der Waals surface area (Å²) in [6, 6.07) is 32.2. The van der Waals surface area contributed by atoms with Crippen LogP contribution < -0.4 is 10.3 Å². The standard InChI is InChI=1S/C31H24N2O3/c1-2-36-25-16-17-27-28(18-25)33(31(35)29(30(27)34)23-8-4-3-5-9-23)20-21-12-14-22(15-13-21)26-11-7-6-10-24(26)19-32/h3-18,34H,2,20H2,1H3. The number of nitrogens with zero attached hydrogens (tertiary/aromatic N) is 2. The van der Waals surface area contributed by atoms with Gasteiger partial charge in [-0.2, -0.15) is 5.26 Å². The largest absolute Gasteiger partial charge is 0.506 e. The molecule has 0 fully saturated rings. The van der Waals surface area contributed by atoms with Gasteiger partial charge in [-0.15, -0.1) is 0 Å². The van der Waals surface area contributed by atoms with Gasteiger partial charge in [-0.1, -0.05) is 72.8 Å². The van der Waals surface area contributed by atoms with Gasteiger partial charge in [0, 0.05) is 11.5 Å². The van der Waals surface area contributed by atoms with E-state index in [-0.39, 0.29) is 16.9 Å². The van der Waals surface area contributed by atoms with Crippen LogP contribution in [-0.4, -0.2) is 16.3 Å². The highest BCUT2D eigenvalue weighted by molar-refractivity contribution is 5.93. The van der Waals surface area contributed by atoms with Gasteiger partial charge in [0.1, 0.15) is 11.5 Å². The lowest BCUT2D eigenvalue weighted by Crippen LogP contribution is -2.23. The number of nitriles is 1. The van der Waals surface area contributed by atoms with Crippen LogP contribution in [0.2, 0.25) is 0 Å². The van der Waals surface area contributed by atoms with Crippen molar-refractivity contribution in [2.45, 2.75) is 13.5 Å². The summed E-state index contributed by atoms with van der Waals surface area (Å²) < 4.78 is 7.36. The highest BCUT2D eigenvalue weighted by Crippen LogP contribution is 2.35. The monoisotopic (exact) mass is 472 g/mol. The first kappa shape index (κ1) is 22.9. The van der Waals surface area contributed by atoms with Crippen molar-refractivity contribution >= 4 is 10.9 Å². The number of fused-ring (bicyclic) bond motifs is 1. The average Bonchev–Trinajstić information content (AvgIpc) is 2.92. The first-order valence-electron chi connectivity index (χ1n) is 11.8. The molecule has 5 rings (SSSR count). The van der Waals surface area contributed by atoms with Crippen molar-refractivity contribution in [3.63, 3.8) is 0 Å². The van der Waals surface area contributed by atoms with Crippen LogP contribution in [0.15, 0.2) is 102 Å². The first-order chi connectivity index (χ1) is 17.6. The second-order valence-corrected chi connectivity index (χ2v) is 8.45. The summed E-state index contributed by atoms with van der Waals surface area (Å²) in [5, 5.41) is 21.2. The molecule has 0 unspecified atom stereocenters. The number of aromatic hydroxyl groups is 1. The minimum Gasteiger partial charge on any atom is -0.506 e. The summed E-state index contributed by atoms with van der Waals surface area (Å²) in [5.41, 5.74) is 4.58. The minimum atomic E-state index is -0.279. The average molecular weight is 473 g/mol. The van der Waals surface area contributed by atoms with E-state index in [0.29, 0.717) is 40.9 Å². The molecule has 176 valence electrons. The Morgan fingerprint density at radius 2 is 1.61 bits per heavy atom. The summed E-state index contributed by atoms with van der Waals surface area (Å²) >= 11 is 0. The third-order valence-corrected chi connectivity index (χ3v) is 6.24. The zero-order valence-corrected chi connectivity index (χ0v) is 19.8. The van der Waals surface area contributed by atoms with Gasteiger partial charge in [-0.05, 0) is 47.4 Å². The third kappa shape index (κ3) is 4.21. The van der Waals surface area contributed by atoms with Gasteiger partial charge in [-0.25, -0.2) is 0 Å². The Morgan fingerprint density at radius 1 is 0.889 bits per heavy atom. The van der Waals surface area contributed by atoms with Gasteiger partial charge in [0.25, 0.3) is 5.56 Å². The van der Waals surface area contributed by atoms with E-state index < -0.39 is 0 Å². The first-order valence-corrected chi connectivity index (χ1v) is 11.8. The fourth-order valence-electron chi connectivity index (χ4n) is 4.50. The Hall–Kier alpha value is -4.82. The smallest absolute Gasteiger partial charge is 0.263 e. The molecule has 0 bridgehead atoms. The van der Waals surface area contributed by atoms with E-state index in [2.05, 4.69) is 6.07 Å². The van der Waals surface area contributed by atoms with Crippen molar-refractivity contribution in [1.29, 1.82) is 5.26 Å². The van der Waals surface area contributed by atoms with E-state index in [0.717, 1.165) is 16.7 Å². The molecule has 1 aromatic heterocycles. The number of rotatable bonds is 6. The third-order valence-electron chi connectivity index (χ3n) is 6.24. The zero-order valence-electron chi connectivity index (χ0n) is 19.8. The molecule has 1 heterocycles. The Morgan fingerprint density at radius 3 is 2.33 bits per heavy atom. The van der Waals surface area contributed by atoms with Gasteiger partial charge >= 0.3 is 0 Å². The SMILES string of the molecule is CCOc1ccc2c(O)c(-c3ccccc3)c(=O)n(Cc3ccc(-c4ccccc4C#N)cc3)c2c1. The molecule has 0 aliphatic rings. The van der Waals surface area contributed by atoms with E-state index in [1.807, 2.05) is 79.7 Å². The number of pyridine rings is 1. The molecular weight excluding hydrogens is 448 g/mol. The van der Waals surface area contributed by atoms with Crippen LogP contribution in [0.1, 0.15) is 18.1 Å². The number of benzene rings is 4. The molecule has 0 aliphatic carbocycles. The quantitative estimate of drug-likeness (QED) is 0.312. The van der Waals surface area contributed by atoms with E-state index in [4.69, 9.17) is 4.74 Å². The zero-order chi connectivity index (χ0) is 25.1. The van der Waals surface area contributed by atoms with Crippen molar-refractivity contribution in [1.82, 2.24) is 4.57 Å². The van der Waals surface area contributed by atoms with Crippen molar-refractivity contribution in [3.8, 4) is 39.8 Å².